The van der Waals surface area contributed by atoms with Crippen molar-refractivity contribution in [2.24, 2.45) is 0 Å². The maximum absolute atomic E-state index is 12.5. The number of nitrogens with zero attached hydrogens (tertiary/aromatic N) is 4. The lowest BCUT2D eigenvalue weighted by atomic mass is 10.1. The first-order valence-electron chi connectivity index (χ1n) is 9.83. The smallest absolute Gasteiger partial charge is 0.236 e. The molecule has 0 atom stereocenters. The predicted molar refractivity (Wildman–Crippen MR) is 129 cm³/mol. The molecule has 0 spiro atoms. The molecule has 9 heteroatoms. The van der Waals surface area contributed by atoms with Crippen LogP contribution in [-0.2, 0) is 11.3 Å². The molecule has 0 fully saturated rings. The Morgan fingerprint density at radius 1 is 1.22 bits per heavy atom. The summed E-state index contributed by atoms with van der Waals surface area (Å²) in [4.78, 5) is 17.0. The van der Waals surface area contributed by atoms with Crippen LogP contribution in [0.5, 0.6) is 5.75 Å². The van der Waals surface area contributed by atoms with Gasteiger partial charge >= 0.3 is 0 Å². The van der Waals surface area contributed by atoms with Crippen molar-refractivity contribution in [2.45, 2.75) is 18.6 Å². The van der Waals surface area contributed by atoms with Gasteiger partial charge in [0.05, 0.1) is 17.0 Å². The molecule has 0 aliphatic heterocycles. The zero-order valence-corrected chi connectivity index (χ0v) is 19.0. The Morgan fingerprint density at radius 3 is 2.75 bits per heavy atom. The molecule has 4 aromatic rings. The Morgan fingerprint density at radius 2 is 2.00 bits per heavy atom. The number of hydrogen-bond acceptors (Lipinski definition) is 7. The Kier molecular flexibility index (Phi) is 6.67. The number of phenols is 1. The number of carbonyl (C=O) groups excluding carboxylic acids is 1. The van der Waals surface area contributed by atoms with E-state index < -0.39 is 0 Å². The minimum absolute atomic E-state index is 0.118. The fourth-order valence-electron chi connectivity index (χ4n) is 3.02. The van der Waals surface area contributed by atoms with E-state index in [2.05, 4.69) is 27.1 Å². The van der Waals surface area contributed by atoms with Gasteiger partial charge in [0.2, 0.25) is 5.91 Å². The van der Waals surface area contributed by atoms with Crippen LogP contribution in [-0.4, -0.2) is 36.5 Å². The number of hydrogen-bond donors (Lipinski definition) is 2. The molecule has 0 aliphatic carbocycles. The molecule has 2 heterocycles. The van der Waals surface area contributed by atoms with Gasteiger partial charge in [0.15, 0.2) is 16.1 Å². The zero-order valence-electron chi connectivity index (χ0n) is 17.4. The third-order valence-electron chi connectivity index (χ3n) is 4.60. The highest BCUT2D eigenvalue weighted by molar-refractivity contribution is 7.99. The number of aromatic hydroxyl groups is 1. The van der Waals surface area contributed by atoms with E-state index >= 15 is 0 Å². The summed E-state index contributed by atoms with van der Waals surface area (Å²) in [6.07, 6.45) is 1.72. The summed E-state index contributed by atoms with van der Waals surface area (Å²) >= 11 is 2.65. The first-order chi connectivity index (χ1) is 15.5. The highest BCUT2D eigenvalue weighted by Gasteiger charge is 2.17. The maximum Gasteiger partial charge on any atom is 0.236 e. The Bertz CT molecular complexity index is 1250. The van der Waals surface area contributed by atoms with E-state index in [4.69, 9.17) is 0 Å². The van der Waals surface area contributed by atoms with Crippen molar-refractivity contribution in [3.63, 3.8) is 0 Å². The molecule has 0 aliphatic rings. The fraction of sp³-hybridized carbons (Fsp3) is 0.130. The Balaban J connectivity index is 1.43. The van der Waals surface area contributed by atoms with Gasteiger partial charge in [-0.05, 0) is 19.1 Å². The lowest BCUT2D eigenvalue weighted by Gasteiger charge is -2.08. The number of thioether (sulfide) groups is 1. The lowest BCUT2D eigenvalue weighted by molar-refractivity contribution is -0.113. The molecule has 0 saturated carbocycles. The van der Waals surface area contributed by atoms with Crippen LogP contribution in [0.3, 0.4) is 0 Å². The number of thiazole rings is 1. The molecule has 162 valence electrons. The molecule has 2 aromatic carbocycles. The van der Waals surface area contributed by atoms with Crippen molar-refractivity contribution in [3.05, 3.63) is 72.1 Å². The van der Waals surface area contributed by atoms with Gasteiger partial charge in [0.1, 0.15) is 5.75 Å². The quantitative estimate of drug-likeness (QED) is 0.282. The van der Waals surface area contributed by atoms with Crippen LogP contribution in [0.15, 0.2) is 71.7 Å². The molecule has 1 amide bonds. The number of aromatic nitrogens is 4. The minimum Gasteiger partial charge on any atom is -0.507 e. The normalized spacial score (nSPS) is 10.8. The van der Waals surface area contributed by atoms with Crippen LogP contribution in [0, 0.1) is 6.92 Å². The maximum atomic E-state index is 12.5. The highest BCUT2D eigenvalue weighted by atomic mass is 32.2. The second-order valence-corrected chi connectivity index (χ2v) is 8.76. The van der Waals surface area contributed by atoms with Gasteiger partial charge in [-0.1, -0.05) is 59.8 Å². The van der Waals surface area contributed by atoms with Gasteiger partial charge in [-0.25, -0.2) is 4.98 Å². The number of allylic oxidation sites excluding steroid dienone is 1. The van der Waals surface area contributed by atoms with Gasteiger partial charge in [0, 0.05) is 17.5 Å². The summed E-state index contributed by atoms with van der Waals surface area (Å²) in [5.74, 6) is 0.605. The second-order valence-electron chi connectivity index (χ2n) is 6.96. The number of rotatable bonds is 8. The van der Waals surface area contributed by atoms with Gasteiger partial charge < -0.3 is 10.4 Å². The lowest BCUT2D eigenvalue weighted by Crippen LogP contribution is -2.14. The number of phenolic OH excluding ortho intramolecular Hbond substituents is 1. The molecular weight excluding hydrogens is 442 g/mol. The average Bonchev–Trinajstić information content (AvgIpc) is 3.41. The van der Waals surface area contributed by atoms with Crippen LogP contribution in [0.25, 0.3) is 22.6 Å². The van der Waals surface area contributed by atoms with Crippen LogP contribution in [0.4, 0.5) is 5.13 Å². The topological polar surface area (TPSA) is 92.9 Å². The van der Waals surface area contributed by atoms with Crippen molar-refractivity contribution in [2.75, 3.05) is 11.1 Å². The average molecular weight is 464 g/mol. The van der Waals surface area contributed by atoms with Crippen molar-refractivity contribution in [1.29, 1.82) is 0 Å². The molecule has 32 heavy (non-hydrogen) atoms. The molecule has 0 saturated heterocycles. The molecule has 2 aromatic heterocycles. The number of carbonyl (C=O) groups is 1. The van der Waals surface area contributed by atoms with Gasteiger partial charge in [0.25, 0.3) is 0 Å². The van der Waals surface area contributed by atoms with E-state index in [9.17, 15) is 9.90 Å². The van der Waals surface area contributed by atoms with Crippen molar-refractivity contribution in [1.82, 2.24) is 19.7 Å². The fourth-order valence-corrected chi connectivity index (χ4v) is 4.51. The Labute approximate surface area is 193 Å². The molecule has 0 radical (unpaired) electrons. The zero-order chi connectivity index (χ0) is 22.5. The number of anilines is 1. The van der Waals surface area contributed by atoms with Gasteiger partial charge in [-0.2, -0.15) is 0 Å². The van der Waals surface area contributed by atoms with Crippen molar-refractivity contribution in [3.8, 4) is 28.4 Å². The largest absolute Gasteiger partial charge is 0.507 e. The van der Waals surface area contributed by atoms with Crippen molar-refractivity contribution >= 4 is 34.1 Å². The standard InChI is InChI=1S/C23H21N5O2S2/c1-3-12-28-21(17-6-4-5-7-19(17)29)26-27-23(28)32-14-20(30)25-22-24-18(13-31-22)16-10-8-15(2)9-11-16/h3-11,13,29H,1,12,14H2,2H3,(H,24,25,30). The van der Waals surface area contributed by atoms with Gasteiger partial charge in [-0.3, -0.25) is 9.36 Å². The number of para-hydroxylation sites is 1. The molecule has 0 unspecified atom stereocenters. The van der Waals surface area contributed by atoms with Crippen LogP contribution < -0.4 is 5.32 Å². The minimum atomic E-state index is -0.183. The third-order valence-corrected chi connectivity index (χ3v) is 6.33. The van der Waals surface area contributed by atoms with E-state index in [1.807, 2.05) is 47.2 Å². The van der Waals surface area contributed by atoms with Gasteiger partial charge in [-0.15, -0.1) is 28.1 Å². The summed E-state index contributed by atoms with van der Waals surface area (Å²) in [5, 5.41) is 24.5. The highest BCUT2D eigenvalue weighted by Crippen LogP contribution is 2.30. The van der Waals surface area contributed by atoms with Crippen LogP contribution in [0.1, 0.15) is 5.56 Å². The molecule has 0 bridgehead atoms. The first kappa shape index (κ1) is 21.8. The third kappa shape index (κ3) is 4.90. The summed E-state index contributed by atoms with van der Waals surface area (Å²) in [7, 11) is 0. The molecule has 4 rings (SSSR count). The van der Waals surface area contributed by atoms with Crippen molar-refractivity contribution < 1.29 is 9.90 Å². The SMILES string of the molecule is C=CCn1c(SCC(=O)Nc2nc(-c3ccc(C)cc3)cs2)nnc1-c1ccccc1O. The predicted octanol–water partition coefficient (Wildman–Crippen LogP) is 5.00. The summed E-state index contributed by atoms with van der Waals surface area (Å²) < 4.78 is 1.82. The molecule has 2 N–H and O–H groups in total. The van der Waals surface area contributed by atoms with E-state index in [-0.39, 0.29) is 17.4 Å². The summed E-state index contributed by atoms with van der Waals surface area (Å²) in [6.45, 7) is 6.27. The Hall–Kier alpha value is -3.43. The van der Waals surface area contributed by atoms with E-state index in [1.54, 1.807) is 24.3 Å². The molecular formula is C23H21N5O2S2. The van der Waals surface area contributed by atoms with E-state index in [1.165, 1.54) is 28.7 Å². The number of benzene rings is 2. The summed E-state index contributed by atoms with van der Waals surface area (Å²) in [6, 6.07) is 15.0. The second kappa shape index (κ2) is 9.80. The van der Waals surface area contributed by atoms with Crippen LogP contribution in [0.2, 0.25) is 0 Å². The van der Waals surface area contributed by atoms with E-state index in [0.717, 1.165) is 11.3 Å². The first-order valence-corrected chi connectivity index (χ1v) is 11.7. The number of amides is 1. The number of nitrogens with one attached hydrogen (secondary N) is 1. The summed E-state index contributed by atoms with van der Waals surface area (Å²) in [5.41, 5.74) is 3.60. The van der Waals surface area contributed by atoms with E-state index in [0.29, 0.717) is 28.2 Å². The monoisotopic (exact) mass is 463 g/mol. The number of aryl methyl sites for hydroxylation is 1. The van der Waals surface area contributed by atoms with Crippen LogP contribution >= 0.6 is 23.1 Å². The molecule has 7 nitrogen and oxygen atoms in total.